The molecule has 1 atom stereocenters. The first-order chi connectivity index (χ1) is 15.5. The quantitative estimate of drug-likeness (QED) is 0.567. The number of nitrogens with zero attached hydrogens (tertiary/aromatic N) is 1. The number of methoxy groups -OCH3 is 1. The van der Waals surface area contributed by atoms with E-state index in [-0.39, 0.29) is 17.9 Å². The number of ether oxygens (including phenoxy) is 1. The fraction of sp³-hybridized carbons (Fsp3) is 0.462. The lowest BCUT2D eigenvalue weighted by molar-refractivity contribution is -0.141. The van der Waals surface area contributed by atoms with Gasteiger partial charge in [-0.3, -0.25) is 9.59 Å². The molecule has 0 aromatic heterocycles. The fourth-order valence-electron chi connectivity index (χ4n) is 4.17. The van der Waals surface area contributed by atoms with Crippen LogP contribution in [0.4, 0.5) is 0 Å². The monoisotopic (exact) mass is 456 g/mol. The number of rotatable bonds is 9. The second kappa shape index (κ2) is 11.9. The van der Waals surface area contributed by atoms with Gasteiger partial charge in [0.1, 0.15) is 11.8 Å². The van der Waals surface area contributed by atoms with Crippen LogP contribution < -0.4 is 10.1 Å². The van der Waals surface area contributed by atoms with E-state index in [1.165, 1.54) is 6.42 Å². The van der Waals surface area contributed by atoms with E-state index in [2.05, 4.69) is 5.32 Å². The van der Waals surface area contributed by atoms with Gasteiger partial charge in [0.25, 0.3) is 0 Å². The van der Waals surface area contributed by atoms with Crippen molar-refractivity contribution >= 4 is 23.4 Å². The highest BCUT2D eigenvalue weighted by molar-refractivity contribution is 6.31. The van der Waals surface area contributed by atoms with E-state index in [4.69, 9.17) is 16.3 Å². The Hall–Kier alpha value is -2.53. The highest BCUT2D eigenvalue weighted by Gasteiger charge is 2.28. The molecule has 0 heterocycles. The molecular weight excluding hydrogens is 424 g/mol. The van der Waals surface area contributed by atoms with E-state index in [1.807, 2.05) is 55.5 Å². The van der Waals surface area contributed by atoms with Gasteiger partial charge >= 0.3 is 0 Å². The molecule has 2 aromatic rings. The lowest BCUT2D eigenvalue weighted by atomic mass is 9.95. The summed E-state index contributed by atoms with van der Waals surface area (Å²) in [5.74, 6) is 0.608. The van der Waals surface area contributed by atoms with Crippen molar-refractivity contribution in [1.29, 1.82) is 0 Å². The van der Waals surface area contributed by atoms with E-state index in [0.29, 0.717) is 24.4 Å². The number of benzene rings is 2. The Morgan fingerprint density at radius 1 is 1.09 bits per heavy atom. The highest BCUT2D eigenvalue weighted by Crippen LogP contribution is 2.21. The lowest BCUT2D eigenvalue weighted by Crippen LogP contribution is -2.50. The molecule has 2 aromatic carbocycles. The van der Waals surface area contributed by atoms with E-state index in [1.54, 1.807) is 12.0 Å². The van der Waals surface area contributed by atoms with Crippen molar-refractivity contribution < 1.29 is 14.3 Å². The Bertz CT molecular complexity index is 894. The normalized spacial score (nSPS) is 15.1. The minimum Gasteiger partial charge on any atom is -0.497 e. The van der Waals surface area contributed by atoms with Gasteiger partial charge in [-0.1, -0.05) is 61.2 Å². The average Bonchev–Trinajstić information content (AvgIpc) is 2.82. The lowest BCUT2D eigenvalue weighted by Gasteiger charge is -2.31. The molecule has 1 unspecified atom stereocenters. The van der Waals surface area contributed by atoms with Crippen molar-refractivity contribution in [2.24, 2.45) is 0 Å². The minimum atomic E-state index is -0.558. The molecule has 1 aliphatic carbocycles. The molecule has 32 heavy (non-hydrogen) atoms. The third-order valence-electron chi connectivity index (χ3n) is 6.20. The van der Waals surface area contributed by atoms with E-state index < -0.39 is 6.04 Å². The summed E-state index contributed by atoms with van der Waals surface area (Å²) in [7, 11) is 1.62. The standard InChI is InChI=1S/C26H33ClN2O3/c1-19(26(31)28-22-9-4-3-5-10-22)29(18-20-12-15-23(32-2)16-13-20)25(30)17-14-21-8-6-7-11-24(21)27/h6-8,11-13,15-16,19,22H,3-5,9-10,14,17-18H2,1-2H3,(H,28,31). The zero-order valence-corrected chi connectivity index (χ0v) is 19.7. The molecule has 0 aliphatic heterocycles. The molecule has 172 valence electrons. The molecule has 6 heteroatoms. The van der Waals surface area contributed by atoms with Crippen LogP contribution in [0, 0.1) is 0 Å². The van der Waals surface area contributed by atoms with E-state index in [9.17, 15) is 9.59 Å². The summed E-state index contributed by atoms with van der Waals surface area (Å²) in [5.41, 5.74) is 1.89. The average molecular weight is 457 g/mol. The van der Waals surface area contributed by atoms with Crippen LogP contribution >= 0.6 is 11.6 Å². The molecule has 2 amide bonds. The number of amides is 2. The molecule has 1 fully saturated rings. The Balaban J connectivity index is 1.71. The number of hydrogen-bond donors (Lipinski definition) is 1. The molecule has 0 bridgehead atoms. The first kappa shape index (κ1) is 24.1. The van der Waals surface area contributed by atoms with E-state index >= 15 is 0 Å². The van der Waals surface area contributed by atoms with Gasteiger partial charge < -0.3 is 15.0 Å². The van der Waals surface area contributed by atoms with Crippen LogP contribution in [0.5, 0.6) is 5.75 Å². The first-order valence-electron chi connectivity index (χ1n) is 11.4. The van der Waals surface area contributed by atoms with Crippen molar-refractivity contribution in [1.82, 2.24) is 10.2 Å². The SMILES string of the molecule is COc1ccc(CN(C(=O)CCc2ccccc2Cl)C(C)C(=O)NC2CCCCC2)cc1. The summed E-state index contributed by atoms with van der Waals surface area (Å²) in [4.78, 5) is 28.0. The Labute approximate surface area is 196 Å². The second-order valence-electron chi connectivity index (χ2n) is 8.48. The third kappa shape index (κ3) is 6.73. The molecule has 0 radical (unpaired) electrons. The topological polar surface area (TPSA) is 58.6 Å². The minimum absolute atomic E-state index is 0.0629. The van der Waals surface area contributed by atoms with Gasteiger partial charge in [-0.2, -0.15) is 0 Å². The van der Waals surface area contributed by atoms with Crippen molar-refractivity contribution in [3.8, 4) is 5.75 Å². The maximum Gasteiger partial charge on any atom is 0.242 e. The van der Waals surface area contributed by atoms with Gasteiger partial charge in [-0.15, -0.1) is 0 Å². The summed E-state index contributed by atoms with van der Waals surface area (Å²) < 4.78 is 5.23. The highest BCUT2D eigenvalue weighted by atomic mass is 35.5. The Morgan fingerprint density at radius 2 is 1.78 bits per heavy atom. The summed E-state index contributed by atoms with van der Waals surface area (Å²) in [6.45, 7) is 2.18. The van der Waals surface area contributed by atoms with Crippen LogP contribution in [0.25, 0.3) is 0 Å². The molecule has 1 N–H and O–H groups in total. The smallest absolute Gasteiger partial charge is 0.242 e. The molecule has 1 saturated carbocycles. The summed E-state index contributed by atoms with van der Waals surface area (Å²) in [5, 5.41) is 3.82. The van der Waals surface area contributed by atoms with Crippen molar-refractivity contribution in [2.45, 2.75) is 70.5 Å². The largest absolute Gasteiger partial charge is 0.497 e. The van der Waals surface area contributed by atoms with Crippen LogP contribution in [0.3, 0.4) is 0 Å². The fourth-order valence-corrected chi connectivity index (χ4v) is 4.40. The van der Waals surface area contributed by atoms with Crippen LogP contribution in [0.2, 0.25) is 5.02 Å². The predicted octanol–water partition coefficient (Wildman–Crippen LogP) is 5.15. The molecule has 0 spiro atoms. The van der Waals surface area contributed by atoms with Crippen LogP contribution in [0.15, 0.2) is 48.5 Å². The van der Waals surface area contributed by atoms with Crippen LogP contribution in [-0.4, -0.2) is 35.9 Å². The van der Waals surface area contributed by atoms with Crippen molar-refractivity contribution in [3.63, 3.8) is 0 Å². The second-order valence-corrected chi connectivity index (χ2v) is 8.89. The molecule has 0 saturated heterocycles. The van der Waals surface area contributed by atoms with Crippen LogP contribution in [0.1, 0.15) is 56.6 Å². The van der Waals surface area contributed by atoms with Crippen molar-refractivity contribution in [3.05, 3.63) is 64.7 Å². The third-order valence-corrected chi connectivity index (χ3v) is 6.57. The van der Waals surface area contributed by atoms with Gasteiger partial charge in [0.05, 0.1) is 7.11 Å². The number of aryl methyl sites for hydroxylation is 1. The first-order valence-corrected chi connectivity index (χ1v) is 11.8. The summed E-state index contributed by atoms with van der Waals surface area (Å²) >= 11 is 6.27. The molecule has 1 aliphatic rings. The maximum absolute atomic E-state index is 13.3. The summed E-state index contributed by atoms with van der Waals surface area (Å²) in [6, 6.07) is 14.8. The Morgan fingerprint density at radius 3 is 2.44 bits per heavy atom. The molecular formula is C26H33ClN2O3. The zero-order chi connectivity index (χ0) is 22.9. The number of carbonyl (C=O) groups is 2. The number of hydrogen-bond acceptors (Lipinski definition) is 3. The van der Waals surface area contributed by atoms with Gasteiger partial charge in [-0.05, 0) is 55.5 Å². The van der Waals surface area contributed by atoms with Crippen molar-refractivity contribution in [2.75, 3.05) is 7.11 Å². The molecule has 5 nitrogen and oxygen atoms in total. The van der Waals surface area contributed by atoms with Gasteiger partial charge in [-0.25, -0.2) is 0 Å². The number of nitrogens with one attached hydrogen (secondary N) is 1. The predicted molar refractivity (Wildman–Crippen MR) is 128 cm³/mol. The number of halogens is 1. The summed E-state index contributed by atoms with van der Waals surface area (Å²) in [6.07, 6.45) is 6.37. The van der Waals surface area contributed by atoms with Gasteiger partial charge in [0, 0.05) is 24.0 Å². The van der Waals surface area contributed by atoms with Gasteiger partial charge in [0.2, 0.25) is 11.8 Å². The molecule has 3 rings (SSSR count). The number of carbonyl (C=O) groups excluding carboxylic acids is 2. The maximum atomic E-state index is 13.3. The zero-order valence-electron chi connectivity index (χ0n) is 19.0. The van der Waals surface area contributed by atoms with E-state index in [0.717, 1.165) is 42.6 Å². The Kier molecular flexibility index (Phi) is 8.98. The van der Waals surface area contributed by atoms with Gasteiger partial charge in [0.15, 0.2) is 0 Å². The van der Waals surface area contributed by atoms with Crippen LogP contribution in [-0.2, 0) is 22.6 Å².